The number of aromatic nitrogens is 2. The van der Waals surface area contributed by atoms with Crippen LogP contribution >= 0.6 is 0 Å². The van der Waals surface area contributed by atoms with Gasteiger partial charge in [0.25, 0.3) is 0 Å². The summed E-state index contributed by atoms with van der Waals surface area (Å²) in [5.74, 6) is 0. The van der Waals surface area contributed by atoms with Crippen molar-refractivity contribution in [1.29, 1.82) is 0 Å². The Hall–Kier alpha value is -18.3. The second-order valence-electron chi connectivity index (χ2n) is 38.5. The molecule has 25 aromatic rings. The van der Waals surface area contributed by atoms with Gasteiger partial charge in [-0.15, -0.1) is 0 Å². The van der Waals surface area contributed by atoms with Gasteiger partial charge in [-0.25, -0.2) is 0 Å². The molecule has 0 bridgehead atoms. The molecule has 3 spiro atoms. The van der Waals surface area contributed by atoms with Gasteiger partial charge in [-0.2, -0.15) is 0 Å². The average molecular weight is 1810 g/mol. The predicted molar refractivity (Wildman–Crippen MR) is 596 cm³/mol. The Morgan fingerprint density at radius 3 is 0.538 bits per heavy atom. The van der Waals surface area contributed by atoms with Gasteiger partial charge in [0.15, 0.2) is 0 Å². The first-order valence-corrected chi connectivity index (χ1v) is 49.8. The maximum atomic E-state index is 2.48. The smallest absolute Gasteiger partial charge is 0.0725 e. The number of hydrogen-bond acceptors (Lipinski definition) is 0. The average Bonchev–Trinajstić information content (AvgIpc) is 1.52. The summed E-state index contributed by atoms with van der Waals surface area (Å²) in [4.78, 5) is 0. The first-order chi connectivity index (χ1) is 71.0. The summed E-state index contributed by atoms with van der Waals surface area (Å²) < 4.78 is 4.75. The molecule has 0 saturated heterocycles. The molecule has 2 aromatic heterocycles. The number of hydrogen-bond donors (Lipinski definition) is 0. The molecular formula is C141H92N2. The number of rotatable bonds is 8. The lowest BCUT2D eigenvalue weighted by molar-refractivity contribution is 0.794. The van der Waals surface area contributed by atoms with E-state index in [1.54, 1.807) is 0 Å². The first kappa shape index (κ1) is 82.9. The molecule has 0 N–H and O–H groups in total. The second kappa shape index (κ2) is 33.5. The summed E-state index contributed by atoms with van der Waals surface area (Å²) in [6, 6.07) is 205. The van der Waals surface area contributed by atoms with E-state index in [1.165, 1.54) is 255 Å². The van der Waals surface area contributed by atoms with Crippen molar-refractivity contribution in [3.63, 3.8) is 0 Å². The molecular weight excluding hydrogens is 1720 g/mol. The third kappa shape index (κ3) is 12.7. The van der Waals surface area contributed by atoms with Gasteiger partial charge in [0.1, 0.15) is 0 Å². The van der Waals surface area contributed by atoms with Gasteiger partial charge < -0.3 is 9.13 Å². The lowest BCUT2D eigenvalue weighted by atomic mass is 9.70. The van der Waals surface area contributed by atoms with Crippen LogP contribution in [0.5, 0.6) is 0 Å². The van der Waals surface area contributed by atoms with Crippen LogP contribution in [0.3, 0.4) is 0 Å². The molecule has 2 heterocycles. The minimum atomic E-state index is -0.339. The predicted octanol–water partition coefficient (Wildman–Crippen LogP) is 36.0. The zero-order chi connectivity index (χ0) is 94.3. The Kier molecular flexibility index (Phi) is 19.4. The minimum Gasteiger partial charge on any atom is -0.309 e. The van der Waals surface area contributed by atoms with E-state index in [1.807, 2.05) is 0 Å². The molecule has 6 aliphatic rings. The maximum absolute atomic E-state index is 2.48. The van der Waals surface area contributed by atoms with Crippen LogP contribution in [0.2, 0.25) is 0 Å². The van der Waals surface area contributed by atoms with E-state index < -0.39 is 0 Å². The van der Waals surface area contributed by atoms with Crippen molar-refractivity contribution in [3.05, 3.63) is 625 Å². The molecule has 23 aromatic carbocycles. The van der Waals surface area contributed by atoms with Gasteiger partial charge in [0.05, 0.1) is 38.3 Å². The van der Waals surface area contributed by atoms with Crippen molar-refractivity contribution >= 4 is 43.6 Å². The Bertz CT molecular complexity index is 8910. The van der Waals surface area contributed by atoms with Crippen molar-refractivity contribution in [3.8, 4) is 145 Å². The zero-order valence-corrected chi connectivity index (χ0v) is 78.5. The zero-order valence-electron chi connectivity index (χ0n) is 78.5. The van der Waals surface area contributed by atoms with Crippen LogP contribution in [-0.4, -0.2) is 9.13 Å². The number of para-hydroxylation sites is 4. The summed E-state index contributed by atoms with van der Waals surface area (Å²) >= 11 is 0. The molecule has 2 nitrogen and oxygen atoms in total. The molecule has 0 fully saturated rings. The molecule has 0 unspecified atom stereocenters. The van der Waals surface area contributed by atoms with Gasteiger partial charge in [0.2, 0.25) is 0 Å². The van der Waals surface area contributed by atoms with Crippen LogP contribution in [-0.2, 0) is 16.2 Å². The molecule has 0 amide bonds. The highest BCUT2D eigenvalue weighted by molar-refractivity contribution is 6.11. The summed E-state index contributed by atoms with van der Waals surface area (Å²) in [7, 11) is 0. The maximum Gasteiger partial charge on any atom is 0.0725 e. The normalized spacial score (nSPS) is 13.2. The summed E-state index contributed by atoms with van der Waals surface area (Å²) in [5.41, 5.74) is 54.0. The van der Waals surface area contributed by atoms with E-state index in [0.717, 1.165) is 0 Å². The molecule has 0 aliphatic heterocycles. The molecule has 0 atom stereocenters. The van der Waals surface area contributed by atoms with Crippen LogP contribution in [0, 0.1) is 0 Å². The Labute approximate surface area is 832 Å². The van der Waals surface area contributed by atoms with Gasteiger partial charge in [-0.05, 0) is 279 Å². The standard InChI is InChI=1S/C43H28.C37H24.C31H20.C30H20N2/c1-3-13-29(14-4-1)32-25-33(30-15-5-2-6-16-30)27-34(26-32)31-23-24-38-37-19-9-12-22-41(37)43(42(38)28-31)39-20-10-7-17-35(39)36-18-8-11-21-40(36)43;1-2-10-25(11-3-1)26-18-20-27(21-19-26)28-22-23-32-31-14-6-9-17-35(31)37(36(32)24-28)33-15-7-4-12-29(33)30-13-5-8-16-34(30)37;1-2-10-21(11-3-1)22-18-19-26-25-14-6-9-17-29(25)31(30(26)20-22)27-15-7-4-12-23(27)24-13-5-8-16-28(24)31;1-5-16-27-23(12-1)24-13-2-6-17-28(24)31(27)21-10-9-11-22(20-21)32-29-18-7-3-14-25(29)26-15-4-8-19-30(26)32/h1-28H;1-24H;1-20H;1-20H. The Balaban J connectivity index is 0.0000000937. The molecule has 6 aliphatic carbocycles. The van der Waals surface area contributed by atoms with Crippen LogP contribution in [0.15, 0.2) is 558 Å². The van der Waals surface area contributed by atoms with Crippen molar-refractivity contribution in [2.45, 2.75) is 16.2 Å². The lowest BCUT2D eigenvalue weighted by Gasteiger charge is -2.30. The largest absolute Gasteiger partial charge is 0.309 e. The number of benzene rings is 23. The molecule has 31 rings (SSSR count). The van der Waals surface area contributed by atoms with Crippen LogP contribution < -0.4 is 0 Å². The highest BCUT2D eigenvalue weighted by Gasteiger charge is 2.55. The topological polar surface area (TPSA) is 9.86 Å². The SMILES string of the molecule is c1cc(-n2c3ccccc3c3ccccc32)cc(-n2c3ccccc3c3ccccc32)c1.c1ccc(-c2cc(-c3ccccc3)cc(-c3ccc4c(c3)C3(c5ccccc5-c5ccccc53)c3ccccc3-4)c2)cc1.c1ccc(-c2ccc(-c3ccc4c(c3)C3(c5ccccc5-c5ccccc53)c3ccccc3-4)cc2)cc1.c1ccc(-c2ccc3c(c2)C2(c4ccccc4-c4ccccc42)c2ccccc2-3)cc1. The van der Waals surface area contributed by atoms with Gasteiger partial charge in [-0.3, -0.25) is 0 Å². The first-order valence-electron chi connectivity index (χ1n) is 49.8. The monoisotopic (exact) mass is 1810 g/mol. The number of fused-ring (bicyclic) bond motifs is 36. The molecule has 666 valence electrons. The molecule has 0 radical (unpaired) electrons. The fourth-order valence-corrected chi connectivity index (χ4v) is 25.5. The van der Waals surface area contributed by atoms with E-state index in [4.69, 9.17) is 0 Å². The van der Waals surface area contributed by atoms with Gasteiger partial charge in [-0.1, -0.05) is 479 Å². The van der Waals surface area contributed by atoms with Crippen molar-refractivity contribution in [2.24, 2.45) is 0 Å². The lowest BCUT2D eigenvalue weighted by Crippen LogP contribution is -2.25. The Morgan fingerprint density at radius 1 is 0.105 bits per heavy atom. The van der Waals surface area contributed by atoms with Gasteiger partial charge >= 0.3 is 0 Å². The number of nitrogens with zero attached hydrogens (tertiary/aromatic N) is 2. The van der Waals surface area contributed by atoms with E-state index in [0.29, 0.717) is 0 Å². The molecule has 2 heteroatoms. The minimum absolute atomic E-state index is 0.260. The summed E-state index contributed by atoms with van der Waals surface area (Å²) in [6.07, 6.45) is 0. The van der Waals surface area contributed by atoms with Crippen LogP contribution in [0.25, 0.3) is 189 Å². The van der Waals surface area contributed by atoms with Crippen molar-refractivity contribution in [1.82, 2.24) is 9.13 Å². The molecule has 143 heavy (non-hydrogen) atoms. The third-order valence-corrected chi connectivity index (χ3v) is 31.4. The van der Waals surface area contributed by atoms with Crippen molar-refractivity contribution in [2.75, 3.05) is 0 Å². The van der Waals surface area contributed by atoms with Crippen LogP contribution in [0.4, 0.5) is 0 Å². The summed E-state index contributed by atoms with van der Waals surface area (Å²) in [5, 5.41) is 5.13. The summed E-state index contributed by atoms with van der Waals surface area (Å²) in [6.45, 7) is 0. The van der Waals surface area contributed by atoms with E-state index in [2.05, 4.69) is 567 Å². The highest BCUT2D eigenvalue weighted by Crippen LogP contribution is 2.67. The highest BCUT2D eigenvalue weighted by atomic mass is 15.0. The fraction of sp³-hybridized carbons (Fsp3) is 0.0213. The second-order valence-corrected chi connectivity index (χ2v) is 38.5. The van der Waals surface area contributed by atoms with Crippen LogP contribution in [0.1, 0.15) is 66.8 Å². The van der Waals surface area contributed by atoms with Crippen molar-refractivity contribution < 1.29 is 0 Å². The fourth-order valence-electron chi connectivity index (χ4n) is 25.5. The van der Waals surface area contributed by atoms with E-state index in [9.17, 15) is 0 Å². The van der Waals surface area contributed by atoms with E-state index in [-0.39, 0.29) is 16.2 Å². The third-order valence-electron chi connectivity index (χ3n) is 31.4. The van der Waals surface area contributed by atoms with Gasteiger partial charge in [0, 0.05) is 32.9 Å². The Morgan fingerprint density at radius 2 is 0.280 bits per heavy atom. The molecule has 0 saturated carbocycles. The quantitative estimate of drug-likeness (QED) is 0.143. The van der Waals surface area contributed by atoms with E-state index >= 15 is 0 Å².